The third-order valence-electron chi connectivity index (χ3n) is 4.80. The minimum Gasteiger partial charge on any atom is -0.481 e. The Labute approximate surface area is 124 Å². The maximum atomic E-state index is 11.2. The van der Waals surface area contributed by atoms with Crippen LogP contribution in [-0.2, 0) is 14.4 Å². The molecule has 6 heteroatoms. The summed E-state index contributed by atoms with van der Waals surface area (Å²) in [4.78, 5) is 33.5. The van der Waals surface area contributed by atoms with Gasteiger partial charge in [0.1, 0.15) is 0 Å². The highest BCUT2D eigenvalue weighted by molar-refractivity contribution is 5.72. The Bertz CT molecular complexity index is 351. The summed E-state index contributed by atoms with van der Waals surface area (Å²) in [6.07, 6.45) is 2.76. The zero-order chi connectivity index (χ0) is 16.3. The summed E-state index contributed by atoms with van der Waals surface area (Å²) in [5.74, 6) is -5.50. The van der Waals surface area contributed by atoms with Crippen LogP contribution in [0.4, 0.5) is 0 Å². The maximum Gasteiger partial charge on any atom is 0.306 e. The third-order valence-corrected chi connectivity index (χ3v) is 4.80. The van der Waals surface area contributed by atoms with Crippen molar-refractivity contribution in [2.24, 2.45) is 35.5 Å². The second-order valence-electron chi connectivity index (χ2n) is 6.13. The molecule has 0 bridgehead atoms. The number of carboxylic acid groups (broad SMARTS) is 3. The molecule has 1 aliphatic rings. The Morgan fingerprint density at radius 1 is 0.810 bits per heavy atom. The molecular formula is C15H23O6. The molecule has 3 N–H and O–H groups in total. The molecule has 0 aromatic carbocycles. The lowest BCUT2D eigenvalue weighted by molar-refractivity contribution is -0.145. The van der Waals surface area contributed by atoms with E-state index < -0.39 is 35.7 Å². The zero-order valence-electron chi connectivity index (χ0n) is 12.5. The van der Waals surface area contributed by atoms with Crippen LogP contribution in [0.15, 0.2) is 0 Å². The molecule has 0 aliphatic heterocycles. The number of carbonyl (C=O) groups is 3. The van der Waals surface area contributed by atoms with Gasteiger partial charge in [-0.15, -0.1) is 0 Å². The van der Waals surface area contributed by atoms with Crippen molar-refractivity contribution in [1.29, 1.82) is 0 Å². The molecule has 1 rings (SSSR count). The second-order valence-corrected chi connectivity index (χ2v) is 6.13. The summed E-state index contributed by atoms with van der Waals surface area (Å²) < 4.78 is 0. The van der Waals surface area contributed by atoms with E-state index in [1.807, 2.05) is 6.42 Å². The number of hydrogen-bond donors (Lipinski definition) is 3. The first-order valence-corrected chi connectivity index (χ1v) is 7.18. The lowest BCUT2D eigenvalue weighted by atomic mass is 9.65. The lowest BCUT2D eigenvalue weighted by Gasteiger charge is -2.39. The van der Waals surface area contributed by atoms with Gasteiger partial charge in [0.05, 0.1) is 17.8 Å². The molecule has 6 nitrogen and oxygen atoms in total. The molecule has 1 radical (unpaired) electrons. The number of hydrogen-bond acceptors (Lipinski definition) is 3. The average Bonchev–Trinajstić information content (AvgIpc) is 2.43. The summed E-state index contributed by atoms with van der Waals surface area (Å²) in [5.41, 5.74) is 0. The molecule has 0 heterocycles. The van der Waals surface area contributed by atoms with E-state index in [0.29, 0.717) is 12.8 Å². The van der Waals surface area contributed by atoms with Crippen LogP contribution in [-0.4, -0.2) is 33.2 Å². The summed E-state index contributed by atoms with van der Waals surface area (Å²) in [6, 6.07) is 0. The van der Waals surface area contributed by atoms with Crippen LogP contribution >= 0.6 is 0 Å². The standard InChI is InChI=1S/C15H23O6/c1-7(13(16)17)10-4-11(8(2)14(18)19)6-12(5-10)9(3)15(20)21/h4,7-12H,5-6H2,1-3H3,(H,16,17)(H,18,19)(H,20,21). The summed E-state index contributed by atoms with van der Waals surface area (Å²) in [6.45, 7) is 4.77. The minimum atomic E-state index is -0.943. The van der Waals surface area contributed by atoms with E-state index in [0.717, 1.165) is 0 Å². The fourth-order valence-electron chi connectivity index (χ4n) is 2.99. The van der Waals surface area contributed by atoms with Crippen molar-refractivity contribution in [3.05, 3.63) is 6.42 Å². The Morgan fingerprint density at radius 2 is 1.14 bits per heavy atom. The number of rotatable bonds is 6. The van der Waals surface area contributed by atoms with Crippen molar-refractivity contribution in [3.8, 4) is 0 Å². The molecule has 5 atom stereocenters. The summed E-state index contributed by atoms with van der Waals surface area (Å²) >= 11 is 0. The molecule has 1 aliphatic carbocycles. The van der Waals surface area contributed by atoms with E-state index >= 15 is 0 Å². The van der Waals surface area contributed by atoms with E-state index in [1.165, 1.54) is 0 Å². The highest BCUT2D eigenvalue weighted by atomic mass is 16.4. The van der Waals surface area contributed by atoms with Gasteiger partial charge >= 0.3 is 17.9 Å². The molecule has 0 saturated heterocycles. The van der Waals surface area contributed by atoms with Gasteiger partial charge in [-0.3, -0.25) is 14.4 Å². The quantitative estimate of drug-likeness (QED) is 0.691. The van der Waals surface area contributed by atoms with E-state index in [-0.39, 0.29) is 17.8 Å². The van der Waals surface area contributed by atoms with E-state index in [4.69, 9.17) is 15.3 Å². The smallest absolute Gasteiger partial charge is 0.306 e. The van der Waals surface area contributed by atoms with E-state index in [1.54, 1.807) is 20.8 Å². The van der Waals surface area contributed by atoms with Crippen molar-refractivity contribution in [2.75, 3.05) is 0 Å². The fraction of sp³-hybridized carbons (Fsp3) is 0.733. The van der Waals surface area contributed by atoms with Gasteiger partial charge in [-0.1, -0.05) is 20.8 Å². The van der Waals surface area contributed by atoms with Crippen molar-refractivity contribution in [2.45, 2.75) is 33.6 Å². The highest BCUT2D eigenvalue weighted by Gasteiger charge is 2.41. The normalized spacial score (nSPS) is 30.1. The van der Waals surface area contributed by atoms with Crippen molar-refractivity contribution in [1.82, 2.24) is 0 Å². The van der Waals surface area contributed by atoms with E-state index in [2.05, 4.69) is 0 Å². The molecule has 0 amide bonds. The van der Waals surface area contributed by atoms with Crippen molar-refractivity contribution >= 4 is 17.9 Å². The van der Waals surface area contributed by atoms with Crippen LogP contribution in [0.3, 0.4) is 0 Å². The Hall–Kier alpha value is -1.59. The fourth-order valence-corrected chi connectivity index (χ4v) is 2.99. The van der Waals surface area contributed by atoms with Crippen molar-refractivity contribution in [3.63, 3.8) is 0 Å². The van der Waals surface area contributed by atoms with Crippen LogP contribution in [0.25, 0.3) is 0 Å². The van der Waals surface area contributed by atoms with Crippen molar-refractivity contribution < 1.29 is 29.7 Å². The Morgan fingerprint density at radius 3 is 1.43 bits per heavy atom. The number of aliphatic carboxylic acids is 3. The Balaban J connectivity index is 2.95. The monoisotopic (exact) mass is 299 g/mol. The SMILES string of the molecule is CC(C(=O)O)C1[CH]C(C(C)C(=O)O)CC(C(C)C(=O)O)C1. The predicted octanol–water partition coefficient (Wildman–Crippen LogP) is 2.00. The lowest BCUT2D eigenvalue weighted by Crippen LogP contribution is -2.38. The molecular weight excluding hydrogens is 276 g/mol. The minimum absolute atomic E-state index is 0.203. The molecule has 0 aromatic heterocycles. The molecule has 0 aromatic rings. The summed E-state index contributed by atoms with van der Waals surface area (Å²) in [5, 5.41) is 27.5. The van der Waals surface area contributed by atoms with Crippen LogP contribution in [0.1, 0.15) is 33.6 Å². The summed E-state index contributed by atoms with van der Waals surface area (Å²) in [7, 11) is 0. The van der Waals surface area contributed by atoms with Gasteiger partial charge in [-0.25, -0.2) is 0 Å². The Kier molecular flexibility index (Phi) is 5.75. The van der Waals surface area contributed by atoms with Gasteiger partial charge in [0, 0.05) is 0 Å². The predicted molar refractivity (Wildman–Crippen MR) is 74.4 cm³/mol. The van der Waals surface area contributed by atoms with Crippen LogP contribution in [0.2, 0.25) is 0 Å². The zero-order valence-corrected chi connectivity index (χ0v) is 12.5. The molecule has 1 fully saturated rings. The van der Waals surface area contributed by atoms with Gasteiger partial charge < -0.3 is 15.3 Å². The number of carboxylic acids is 3. The van der Waals surface area contributed by atoms with Gasteiger partial charge in [-0.05, 0) is 37.0 Å². The first-order valence-electron chi connectivity index (χ1n) is 7.18. The molecule has 1 saturated carbocycles. The maximum absolute atomic E-state index is 11.2. The molecule has 0 spiro atoms. The van der Waals surface area contributed by atoms with Gasteiger partial charge in [0.15, 0.2) is 0 Å². The van der Waals surface area contributed by atoms with Crippen LogP contribution < -0.4 is 0 Å². The molecule has 119 valence electrons. The van der Waals surface area contributed by atoms with Crippen LogP contribution in [0, 0.1) is 41.9 Å². The molecule has 5 unspecified atom stereocenters. The largest absolute Gasteiger partial charge is 0.481 e. The first-order chi connectivity index (χ1) is 9.65. The van der Waals surface area contributed by atoms with E-state index in [9.17, 15) is 14.4 Å². The molecule has 21 heavy (non-hydrogen) atoms. The highest BCUT2D eigenvalue weighted by Crippen LogP contribution is 2.42. The topological polar surface area (TPSA) is 112 Å². The second kappa shape index (κ2) is 6.91. The average molecular weight is 299 g/mol. The van der Waals surface area contributed by atoms with Gasteiger partial charge in [0.2, 0.25) is 0 Å². The van der Waals surface area contributed by atoms with Gasteiger partial charge in [0.25, 0.3) is 0 Å². The van der Waals surface area contributed by atoms with Gasteiger partial charge in [-0.2, -0.15) is 0 Å². The van der Waals surface area contributed by atoms with Crippen LogP contribution in [0.5, 0.6) is 0 Å². The first kappa shape index (κ1) is 17.5. The third kappa shape index (κ3) is 4.19.